The van der Waals surface area contributed by atoms with Crippen LogP contribution >= 0.6 is 0 Å². The number of carbonyl (C=O) groups excluding carboxylic acids is 1. The highest BCUT2D eigenvalue weighted by Crippen LogP contribution is 2.24. The molecule has 1 aromatic heterocycles. The van der Waals surface area contributed by atoms with Crippen LogP contribution in [0, 0.1) is 0 Å². The fourth-order valence-corrected chi connectivity index (χ4v) is 3.31. The fourth-order valence-electron chi connectivity index (χ4n) is 3.31. The molecular formula is C20H26N4O. The number of amides is 1. The predicted octanol–water partition coefficient (Wildman–Crippen LogP) is 2.71. The molecule has 1 fully saturated rings. The van der Waals surface area contributed by atoms with E-state index in [0.717, 1.165) is 42.9 Å². The standard InChI is InChI=1S/C20H26N4O/c1-3-12-23(2)18-8-6-16(7-9-18)20(25)24-13-11-22-15-19(24)17-5-4-10-21-14-17/h4-10,14,19,22H,3,11-13,15H2,1-2H3. The van der Waals surface area contributed by atoms with Crippen LogP contribution in [0.25, 0.3) is 0 Å². The van der Waals surface area contributed by atoms with Crippen LogP contribution < -0.4 is 10.2 Å². The van der Waals surface area contributed by atoms with E-state index in [1.807, 2.05) is 47.5 Å². The van der Waals surface area contributed by atoms with Gasteiger partial charge in [0.2, 0.25) is 0 Å². The summed E-state index contributed by atoms with van der Waals surface area (Å²) in [5.74, 6) is 0.0834. The number of aromatic nitrogens is 1. The van der Waals surface area contributed by atoms with Gasteiger partial charge in [0.15, 0.2) is 0 Å². The van der Waals surface area contributed by atoms with Gasteiger partial charge in [-0.15, -0.1) is 0 Å². The van der Waals surface area contributed by atoms with E-state index in [-0.39, 0.29) is 11.9 Å². The molecule has 5 nitrogen and oxygen atoms in total. The van der Waals surface area contributed by atoms with Crippen molar-refractivity contribution in [1.82, 2.24) is 15.2 Å². The highest BCUT2D eigenvalue weighted by atomic mass is 16.2. The van der Waals surface area contributed by atoms with E-state index >= 15 is 0 Å². The van der Waals surface area contributed by atoms with E-state index in [1.54, 1.807) is 6.20 Å². The molecule has 132 valence electrons. The minimum Gasteiger partial charge on any atom is -0.375 e. The molecule has 0 bridgehead atoms. The van der Waals surface area contributed by atoms with Gasteiger partial charge in [-0.1, -0.05) is 13.0 Å². The number of benzene rings is 1. The van der Waals surface area contributed by atoms with Gasteiger partial charge in [0.25, 0.3) is 5.91 Å². The second-order valence-electron chi connectivity index (χ2n) is 6.47. The van der Waals surface area contributed by atoms with Crippen LogP contribution in [0.15, 0.2) is 48.8 Å². The monoisotopic (exact) mass is 338 g/mol. The number of hydrogen-bond donors (Lipinski definition) is 1. The molecule has 1 unspecified atom stereocenters. The average Bonchev–Trinajstić information content (AvgIpc) is 2.68. The zero-order valence-electron chi connectivity index (χ0n) is 15.0. The van der Waals surface area contributed by atoms with Crippen LogP contribution in [0.5, 0.6) is 0 Å². The Bertz CT molecular complexity index is 687. The zero-order chi connectivity index (χ0) is 17.6. The van der Waals surface area contributed by atoms with Gasteiger partial charge < -0.3 is 15.1 Å². The Balaban J connectivity index is 1.78. The topological polar surface area (TPSA) is 48.5 Å². The number of anilines is 1. The minimum atomic E-state index is 0.0254. The highest BCUT2D eigenvalue weighted by molar-refractivity contribution is 5.95. The molecule has 1 aliphatic rings. The lowest BCUT2D eigenvalue weighted by Crippen LogP contribution is -2.48. The van der Waals surface area contributed by atoms with Crippen molar-refractivity contribution < 1.29 is 4.79 Å². The Hall–Kier alpha value is -2.40. The average molecular weight is 338 g/mol. The van der Waals surface area contributed by atoms with Crippen molar-refractivity contribution in [1.29, 1.82) is 0 Å². The zero-order valence-corrected chi connectivity index (χ0v) is 15.0. The Morgan fingerprint density at radius 3 is 2.80 bits per heavy atom. The number of piperazine rings is 1. The van der Waals surface area contributed by atoms with Crippen molar-refractivity contribution >= 4 is 11.6 Å². The van der Waals surface area contributed by atoms with Gasteiger partial charge in [-0.2, -0.15) is 0 Å². The van der Waals surface area contributed by atoms with Gasteiger partial charge in [-0.25, -0.2) is 0 Å². The lowest BCUT2D eigenvalue weighted by molar-refractivity contribution is 0.0634. The third-order valence-electron chi connectivity index (χ3n) is 4.69. The molecule has 2 aromatic rings. The molecule has 1 aliphatic heterocycles. The van der Waals surface area contributed by atoms with Crippen LogP contribution in [0.4, 0.5) is 5.69 Å². The van der Waals surface area contributed by atoms with Gasteiger partial charge in [0.05, 0.1) is 6.04 Å². The molecule has 2 heterocycles. The van der Waals surface area contributed by atoms with Crippen molar-refractivity contribution in [2.75, 3.05) is 38.1 Å². The van der Waals surface area contributed by atoms with E-state index in [0.29, 0.717) is 6.54 Å². The maximum atomic E-state index is 13.1. The number of nitrogens with one attached hydrogen (secondary N) is 1. The third kappa shape index (κ3) is 3.99. The summed E-state index contributed by atoms with van der Waals surface area (Å²) in [4.78, 5) is 21.4. The van der Waals surface area contributed by atoms with Crippen molar-refractivity contribution in [3.8, 4) is 0 Å². The molecule has 0 saturated carbocycles. The van der Waals surface area contributed by atoms with Gasteiger partial charge >= 0.3 is 0 Å². The Morgan fingerprint density at radius 2 is 2.12 bits per heavy atom. The molecule has 1 amide bonds. The van der Waals surface area contributed by atoms with Crippen molar-refractivity contribution in [3.63, 3.8) is 0 Å². The van der Waals surface area contributed by atoms with Crippen molar-refractivity contribution in [3.05, 3.63) is 59.9 Å². The second kappa shape index (κ2) is 8.12. The van der Waals surface area contributed by atoms with Crippen LogP contribution in [0.1, 0.15) is 35.3 Å². The third-order valence-corrected chi connectivity index (χ3v) is 4.69. The second-order valence-corrected chi connectivity index (χ2v) is 6.47. The van der Waals surface area contributed by atoms with Gasteiger partial charge in [0.1, 0.15) is 0 Å². The van der Waals surface area contributed by atoms with Gasteiger partial charge in [-0.05, 0) is 42.3 Å². The molecule has 5 heteroatoms. The first-order chi connectivity index (χ1) is 12.2. The van der Waals surface area contributed by atoms with E-state index in [9.17, 15) is 4.79 Å². The number of carbonyl (C=O) groups is 1. The molecule has 0 radical (unpaired) electrons. The summed E-state index contributed by atoms with van der Waals surface area (Å²) in [6.45, 7) is 5.45. The summed E-state index contributed by atoms with van der Waals surface area (Å²) in [6, 6.07) is 11.9. The summed E-state index contributed by atoms with van der Waals surface area (Å²) in [7, 11) is 2.08. The predicted molar refractivity (Wildman–Crippen MR) is 101 cm³/mol. The van der Waals surface area contributed by atoms with Crippen molar-refractivity contribution in [2.45, 2.75) is 19.4 Å². The number of pyridine rings is 1. The largest absolute Gasteiger partial charge is 0.375 e. The van der Waals surface area contributed by atoms with E-state index in [2.05, 4.69) is 29.2 Å². The molecule has 1 atom stereocenters. The normalized spacial score (nSPS) is 17.4. The maximum Gasteiger partial charge on any atom is 0.254 e. The lowest BCUT2D eigenvalue weighted by Gasteiger charge is -2.36. The van der Waals surface area contributed by atoms with E-state index < -0.39 is 0 Å². The molecule has 25 heavy (non-hydrogen) atoms. The van der Waals surface area contributed by atoms with Crippen molar-refractivity contribution in [2.24, 2.45) is 0 Å². The summed E-state index contributed by atoms with van der Waals surface area (Å²) in [6.07, 6.45) is 4.71. The molecule has 1 aromatic carbocycles. The fraction of sp³-hybridized carbons (Fsp3) is 0.400. The van der Waals surface area contributed by atoms with E-state index in [4.69, 9.17) is 0 Å². The van der Waals surface area contributed by atoms with Crippen LogP contribution in [0.3, 0.4) is 0 Å². The molecule has 0 spiro atoms. The van der Waals surface area contributed by atoms with Gasteiger partial charge in [0, 0.05) is 56.9 Å². The number of nitrogens with zero attached hydrogens (tertiary/aromatic N) is 3. The van der Waals surface area contributed by atoms with Gasteiger partial charge in [-0.3, -0.25) is 9.78 Å². The SMILES string of the molecule is CCCN(C)c1ccc(C(=O)N2CCNCC2c2cccnc2)cc1. The smallest absolute Gasteiger partial charge is 0.254 e. The van der Waals surface area contributed by atoms with E-state index in [1.165, 1.54) is 0 Å². The Labute approximate surface area is 149 Å². The van der Waals surface area contributed by atoms with Crippen LogP contribution in [-0.2, 0) is 0 Å². The summed E-state index contributed by atoms with van der Waals surface area (Å²) in [5.41, 5.74) is 2.95. The summed E-state index contributed by atoms with van der Waals surface area (Å²) in [5, 5.41) is 3.38. The number of rotatable bonds is 5. The summed E-state index contributed by atoms with van der Waals surface area (Å²) < 4.78 is 0. The summed E-state index contributed by atoms with van der Waals surface area (Å²) >= 11 is 0. The first-order valence-electron chi connectivity index (χ1n) is 8.93. The quantitative estimate of drug-likeness (QED) is 0.911. The highest BCUT2D eigenvalue weighted by Gasteiger charge is 2.28. The first-order valence-corrected chi connectivity index (χ1v) is 8.93. The molecule has 1 N–H and O–H groups in total. The molecular weight excluding hydrogens is 312 g/mol. The molecule has 1 saturated heterocycles. The number of hydrogen-bond acceptors (Lipinski definition) is 4. The Kier molecular flexibility index (Phi) is 5.66. The maximum absolute atomic E-state index is 13.1. The molecule has 0 aliphatic carbocycles. The van der Waals surface area contributed by atoms with Crippen LogP contribution in [-0.4, -0.2) is 49.0 Å². The lowest BCUT2D eigenvalue weighted by atomic mass is 10.0. The Morgan fingerprint density at radius 1 is 1.32 bits per heavy atom. The minimum absolute atomic E-state index is 0.0254. The molecule has 3 rings (SSSR count). The first kappa shape index (κ1) is 17.4. The van der Waals surface area contributed by atoms with Crippen LogP contribution in [0.2, 0.25) is 0 Å².